The molecular weight excluding hydrogens is 390 g/mol. The fourth-order valence-electron chi connectivity index (χ4n) is 3.23. The van der Waals surface area contributed by atoms with E-state index < -0.39 is 5.97 Å². The van der Waals surface area contributed by atoms with Gasteiger partial charge in [0.25, 0.3) is 5.91 Å². The van der Waals surface area contributed by atoms with Crippen molar-refractivity contribution in [3.8, 4) is 0 Å². The minimum atomic E-state index is -0.456. The third-order valence-corrected chi connectivity index (χ3v) is 6.67. The lowest BCUT2D eigenvalue weighted by molar-refractivity contribution is -0.122. The second-order valence-corrected chi connectivity index (χ2v) is 8.81. The van der Waals surface area contributed by atoms with Crippen LogP contribution in [0.5, 0.6) is 0 Å². The summed E-state index contributed by atoms with van der Waals surface area (Å²) < 4.78 is 5.33. The predicted molar refractivity (Wildman–Crippen MR) is 113 cm³/mol. The molecule has 1 aliphatic heterocycles. The molecular formula is C22H19NO3S2. The second-order valence-electron chi connectivity index (χ2n) is 6.46. The summed E-state index contributed by atoms with van der Waals surface area (Å²) in [7, 11) is 0. The number of hydrogen-bond donors (Lipinski definition) is 0. The van der Waals surface area contributed by atoms with Crippen LogP contribution in [0, 0.1) is 6.92 Å². The van der Waals surface area contributed by atoms with Gasteiger partial charge in [-0.1, -0.05) is 42.5 Å². The van der Waals surface area contributed by atoms with E-state index in [1.807, 2.05) is 67.6 Å². The van der Waals surface area contributed by atoms with Crippen molar-refractivity contribution >= 4 is 40.7 Å². The van der Waals surface area contributed by atoms with Gasteiger partial charge in [-0.25, -0.2) is 4.79 Å². The maximum Gasteiger partial charge on any atom is 0.348 e. The van der Waals surface area contributed by atoms with Gasteiger partial charge >= 0.3 is 5.97 Å². The molecule has 0 N–H and O–H groups in total. The summed E-state index contributed by atoms with van der Waals surface area (Å²) >= 11 is 3.10. The number of thiophene rings is 1. The molecule has 6 heteroatoms. The van der Waals surface area contributed by atoms with E-state index in [1.54, 1.807) is 22.7 Å². The van der Waals surface area contributed by atoms with Crippen LogP contribution in [-0.4, -0.2) is 24.2 Å². The number of amides is 1. The third kappa shape index (κ3) is 3.84. The number of benzene rings is 2. The van der Waals surface area contributed by atoms with Crippen LogP contribution in [-0.2, 0) is 9.53 Å². The van der Waals surface area contributed by atoms with E-state index in [4.69, 9.17) is 4.74 Å². The number of carbonyl (C=O) groups is 2. The number of carbonyl (C=O) groups excluding carboxylic acids is 2. The summed E-state index contributed by atoms with van der Waals surface area (Å²) in [6.07, 6.45) is 0. The molecule has 142 valence electrons. The maximum atomic E-state index is 13.1. The van der Waals surface area contributed by atoms with Crippen LogP contribution in [0.4, 0.5) is 5.69 Å². The summed E-state index contributed by atoms with van der Waals surface area (Å²) in [5, 5.41) is 0. The fourth-order valence-corrected chi connectivity index (χ4v) is 5.16. The minimum Gasteiger partial charge on any atom is -0.451 e. The number of hydrogen-bond acceptors (Lipinski definition) is 5. The molecule has 2 heterocycles. The molecule has 2 aromatic carbocycles. The van der Waals surface area contributed by atoms with Gasteiger partial charge in [0.05, 0.1) is 11.7 Å². The first-order chi connectivity index (χ1) is 13.6. The van der Waals surface area contributed by atoms with Crippen LogP contribution in [0.1, 0.15) is 26.2 Å². The van der Waals surface area contributed by atoms with Crippen molar-refractivity contribution in [3.05, 3.63) is 82.0 Å². The molecule has 1 amide bonds. The largest absolute Gasteiger partial charge is 0.451 e. The molecule has 0 spiro atoms. The summed E-state index contributed by atoms with van der Waals surface area (Å²) in [4.78, 5) is 29.8. The molecule has 1 aromatic heterocycles. The van der Waals surface area contributed by atoms with Crippen molar-refractivity contribution in [2.45, 2.75) is 17.9 Å². The van der Waals surface area contributed by atoms with Gasteiger partial charge in [0.2, 0.25) is 0 Å². The highest BCUT2D eigenvalue weighted by molar-refractivity contribution is 7.99. The first kappa shape index (κ1) is 18.8. The average molecular weight is 410 g/mol. The number of esters is 1. The monoisotopic (exact) mass is 409 g/mol. The van der Waals surface area contributed by atoms with Crippen molar-refractivity contribution in [1.29, 1.82) is 0 Å². The Morgan fingerprint density at radius 3 is 2.54 bits per heavy atom. The lowest BCUT2D eigenvalue weighted by Crippen LogP contribution is -2.41. The SMILES string of the molecule is Cc1ccc(C(=O)OCC(=O)N2c3ccccc3SC[C@@H]2c2ccccc2)s1. The Bertz CT molecular complexity index is 1000. The van der Waals surface area contributed by atoms with Gasteiger partial charge in [0.15, 0.2) is 6.61 Å². The number of thioether (sulfide) groups is 1. The standard InChI is InChI=1S/C22H19NO3S2/c1-15-11-12-20(28-15)22(25)26-13-21(24)23-17-9-5-6-10-19(17)27-14-18(23)16-7-3-2-4-8-16/h2-12,18H,13-14H2,1H3/t18-/m1/s1. The highest BCUT2D eigenvalue weighted by Gasteiger charge is 2.33. The van der Waals surface area contributed by atoms with Crippen LogP contribution in [0.15, 0.2) is 71.6 Å². The van der Waals surface area contributed by atoms with Crippen LogP contribution in [0.2, 0.25) is 0 Å². The van der Waals surface area contributed by atoms with E-state index in [9.17, 15) is 9.59 Å². The van der Waals surface area contributed by atoms with E-state index in [0.717, 1.165) is 26.8 Å². The van der Waals surface area contributed by atoms with E-state index >= 15 is 0 Å². The summed E-state index contributed by atoms with van der Waals surface area (Å²) in [5.74, 6) is 0.0794. The van der Waals surface area contributed by atoms with Crippen molar-refractivity contribution < 1.29 is 14.3 Å². The molecule has 0 radical (unpaired) electrons. The molecule has 28 heavy (non-hydrogen) atoms. The quantitative estimate of drug-likeness (QED) is 0.563. The maximum absolute atomic E-state index is 13.1. The number of para-hydroxylation sites is 1. The van der Waals surface area contributed by atoms with Crippen molar-refractivity contribution in [1.82, 2.24) is 0 Å². The van der Waals surface area contributed by atoms with Gasteiger partial charge in [-0.15, -0.1) is 23.1 Å². The zero-order valence-corrected chi connectivity index (χ0v) is 17.0. The Labute approximate surface area is 172 Å². The highest BCUT2D eigenvalue weighted by atomic mass is 32.2. The number of anilines is 1. The molecule has 0 saturated carbocycles. The number of fused-ring (bicyclic) bond motifs is 1. The number of nitrogens with zero attached hydrogens (tertiary/aromatic N) is 1. The molecule has 1 aliphatic rings. The van der Waals surface area contributed by atoms with Crippen molar-refractivity contribution in [2.75, 3.05) is 17.3 Å². The highest BCUT2D eigenvalue weighted by Crippen LogP contribution is 2.43. The normalized spacial score (nSPS) is 15.8. The summed E-state index contributed by atoms with van der Waals surface area (Å²) in [5.41, 5.74) is 1.93. The first-order valence-corrected chi connectivity index (χ1v) is 10.8. The molecule has 0 bridgehead atoms. The zero-order valence-electron chi connectivity index (χ0n) is 15.3. The Balaban J connectivity index is 1.58. The first-order valence-electron chi connectivity index (χ1n) is 8.96. The summed E-state index contributed by atoms with van der Waals surface area (Å²) in [6, 6.07) is 21.3. The van der Waals surface area contributed by atoms with Gasteiger partial charge in [-0.05, 0) is 36.8 Å². The van der Waals surface area contributed by atoms with Crippen LogP contribution < -0.4 is 4.90 Å². The molecule has 4 nitrogen and oxygen atoms in total. The Morgan fingerprint density at radius 2 is 1.79 bits per heavy atom. The lowest BCUT2D eigenvalue weighted by Gasteiger charge is -2.37. The van der Waals surface area contributed by atoms with Gasteiger partial charge in [0.1, 0.15) is 4.88 Å². The summed E-state index contributed by atoms with van der Waals surface area (Å²) in [6.45, 7) is 1.65. The van der Waals surface area contributed by atoms with Crippen molar-refractivity contribution in [3.63, 3.8) is 0 Å². The predicted octanol–water partition coefficient (Wildman–Crippen LogP) is 5.09. The van der Waals surface area contributed by atoms with Gasteiger partial charge in [-0.3, -0.25) is 9.69 Å². The Kier molecular flexibility index (Phi) is 5.50. The molecule has 0 saturated heterocycles. The topological polar surface area (TPSA) is 46.6 Å². The Hall–Kier alpha value is -2.57. The smallest absolute Gasteiger partial charge is 0.348 e. The molecule has 4 rings (SSSR count). The number of rotatable bonds is 4. The van der Waals surface area contributed by atoms with E-state index in [1.165, 1.54) is 11.3 Å². The number of aryl methyl sites for hydroxylation is 1. The van der Waals surface area contributed by atoms with E-state index in [-0.39, 0.29) is 18.6 Å². The van der Waals surface area contributed by atoms with E-state index in [2.05, 4.69) is 0 Å². The lowest BCUT2D eigenvalue weighted by atomic mass is 10.1. The second kappa shape index (κ2) is 8.20. The third-order valence-electron chi connectivity index (χ3n) is 4.55. The zero-order chi connectivity index (χ0) is 19.5. The average Bonchev–Trinajstić information content (AvgIpc) is 3.18. The van der Waals surface area contributed by atoms with Gasteiger partial charge < -0.3 is 4.74 Å². The van der Waals surface area contributed by atoms with Crippen molar-refractivity contribution in [2.24, 2.45) is 0 Å². The molecule has 0 unspecified atom stereocenters. The molecule has 0 aliphatic carbocycles. The molecule has 3 aromatic rings. The Morgan fingerprint density at radius 1 is 1.04 bits per heavy atom. The van der Waals surface area contributed by atoms with E-state index in [0.29, 0.717) is 4.88 Å². The fraction of sp³-hybridized carbons (Fsp3) is 0.182. The van der Waals surface area contributed by atoms with Crippen LogP contribution in [0.3, 0.4) is 0 Å². The molecule has 1 atom stereocenters. The number of ether oxygens (including phenoxy) is 1. The molecule has 0 fully saturated rings. The van der Waals surface area contributed by atoms with Crippen LogP contribution in [0.25, 0.3) is 0 Å². The van der Waals surface area contributed by atoms with Gasteiger partial charge in [0, 0.05) is 15.5 Å². The van der Waals surface area contributed by atoms with Crippen LogP contribution >= 0.6 is 23.1 Å². The minimum absolute atomic E-state index is 0.101. The van der Waals surface area contributed by atoms with Gasteiger partial charge in [-0.2, -0.15) is 0 Å².